The van der Waals surface area contributed by atoms with E-state index in [2.05, 4.69) is 15.9 Å². The number of aliphatic hydroxyl groups is 2. The van der Waals surface area contributed by atoms with Gasteiger partial charge in [0.05, 0.1) is 18.2 Å². The van der Waals surface area contributed by atoms with Crippen molar-refractivity contribution in [1.29, 1.82) is 0 Å². The minimum absolute atomic E-state index is 0.0141. The van der Waals surface area contributed by atoms with Gasteiger partial charge < -0.3 is 15.1 Å². The highest BCUT2D eigenvalue weighted by molar-refractivity contribution is 9.10. The van der Waals surface area contributed by atoms with Crippen LogP contribution in [0.25, 0.3) is 5.76 Å². The molecule has 1 aliphatic heterocycles. The fourth-order valence-electron chi connectivity index (χ4n) is 3.08. The molecule has 1 heterocycles. The summed E-state index contributed by atoms with van der Waals surface area (Å²) in [6, 6.07) is 13.5. The fraction of sp³-hybridized carbons (Fsp3) is 0.200. The molecule has 26 heavy (non-hydrogen) atoms. The summed E-state index contributed by atoms with van der Waals surface area (Å²) in [7, 11) is 0. The van der Waals surface area contributed by atoms with Crippen LogP contribution in [0, 0.1) is 6.92 Å². The van der Waals surface area contributed by atoms with Gasteiger partial charge in [-0.1, -0.05) is 57.9 Å². The number of carbonyl (C=O) groups is 2. The first-order valence-corrected chi connectivity index (χ1v) is 8.95. The van der Waals surface area contributed by atoms with Gasteiger partial charge in [-0.3, -0.25) is 9.59 Å². The van der Waals surface area contributed by atoms with Gasteiger partial charge in [0.15, 0.2) is 0 Å². The summed E-state index contributed by atoms with van der Waals surface area (Å²) in [5, 5.41) is 20.1. The number of halogens is 1. The zero-order valence-electron chi connectivity index (χ0n) is 14.1. The molecular weight excluding hydrogens is 398 g/mol. The van der Waals surface area contributed by atoms with Crippen molar-refractivity contribution in [3.05, 3.63) is 75.3 Å². The molecule has 2 aromatic rings. The lowest BCUT2D eigenvalue weighted by Crippen LogP contribution is -2.32. The van der Waals surface area contributed by atoms with Gasteiger partial charge >= 0.3 is 0 Å². The fourth-order valence-corrected chi connectivity index (χ4v) is 3.34. The number of aryl methyl sites for hydroxylation is 1. The first kappa shape index (κ1) is 18.4. The number of ketones is 1. The lowest BCUT2D eigenvalue weighted by molar-refractivity contribution is -0.140. The second-order valence-corrected chi connectivity index (χ2v) is 7.05. The molecule has 2 aromatic carbocycles. The van der Waals surface area contributed by atoms with Crippen LogP contribution in [0.2, 0.25) is 0 Å². The van der Waals surface area contributed by atoms with Crippen molar-refractivity contribution in [2.75, 3.05) is 13.2 Å². The molecule has 1 unspecified atom stereocenters. The average molecular weight is 416 g/mol. The van der Waals surface area contributed by atoms with Crippen LogP contribution in [0.5, 0.6) is 0 Å². The Hall–Kier alpha value is -2.44. The quantitative estimate of drug-likeness (QED) is 0.456. The smallest absolute Gasteiger partial charge is 0.295 e. The summed E-state index contributed by atoms with van der Waals surface area (Å²) in [5.74, 6) is -1.69. The van der Waals surface area contributed by atoms with Gasteiger partial charge in [-0.15, -0.1) is 0 Å². The maximum atomic E-state index is 12.6. The molecule has 6 heteroatoms. The van der Waals surface area contributed by atoms with Gasteiger partial charge in [0, 0.05) is 16.6 Å². The van der Waals surface area contributed by atoms with Crippen LogP contribution < -0.4 is 0 Å². The minimum atomic E-state index is -0.746. The third kappa shape index (κ3) is 3.30. The van der Waals surface area contributed by atoms with E-state index in [0.29, 0.717) is 11.1 Å². The summed E-state index contributed by atoms with van der Waals surface area (Å²) in [6.45, 7) is 1.68. The van der Waals surface area contributed by atoms with Gasteiger partial charge in [0.25, 0.3) is 11.7 Å². The number of rotatable bonds is 4. The van der Waals surface area contributed by atoms with Crippen molar-refractivity contribution in [1.82, 2.24) is 4.90 Å². The van der Waals surface area contributed by atoms with E-state index in [1.807, 2.05) is 31.2 Å². The predicted octanol–water partition coefficient (Wildman–Crippen LogP) is 3.17. The molecule has 2 N–H and O–H groups in total. The average Bonchev–Trinajstić information content (AvgIpc) is 2.88. The van der Waals surface area contributed by atoms with E-state index in [9.17, 15) is 19.8 Å². The Labute approximate surface area is 159 Å². The number of aliphatic hydroxyl groups excluding tert-OH is 2. The molecule has 0 bridgehead atoms. The molecule has 0 aromatic heterocycles. The van der Waals surface area contributed by atoms with Crippen molar-refractivity contribution in [2.24, 2.45) is 0 Å². The molecule has 3 rings (SSSR count). The lowest BCUT2D eigenvalue weighted by atomic mass is 9.95. The van der Waals surface area contributed by atoms with Crippen LogP contribution in [0.3, 0.4) is 0 Å². The molecule has 1 amide bonds. The Bertz CT molecular complexity index is 872. The van der Waals surface area contributed by atoms with Gasteiger partial charge in [-0.2, -0.15) is 0 Å². The van der Waals surface area contributed by atoms with Crippen LogP contribution in [0.4, 0.5) is 0 Å². The summed E-state index contributed by atoms with van der Waals surface area (Å²) in [4.78, 5) is 26.4. The molecule has 1 atom stereocenters. The highest BCUT2D eigenvalue weighted by Crippen LogP contribution is 2.39. The molecule has 134 valence electrons. The Kier molecular flexibility index (Phi) is 5.25. The van der Waals surface area contributed by atoms with Crippen LogP contribution >= 0.6 is 15.9 Å². The Morgan fingerprint density at radius 1 is 1.08 bits per heavy atom. The third-order valence-corrected chi connectivity index (χ3v) is 4.92. The number of β-amino-alcohol motifs (C(OH)–C–C–N with tert-alkyl or cyclic N) is 1. The van der Waals surface area contributed by atoms with Crippen molar-refractivity contribution in [2.45, 2.75) is 13.0 Å². The van der Waals surface area contributed by atoms with Crippen molar-refractivity contribution < 1.29 is 19.8 Å². The summed E-state index contributed by atoms with van der Waals surface area (Å²) in [5.41, 5.74) is 2.24. The predicted molar refractivity (Wildman–Crippen MR) is 101 cm³/mol. The molecule has 0 spiro atoms. The van der Waals surface area contributed by atoms with Crippen molar-refractivity contribution in [3.63, 3.8) is 0 Å². The first-order valence-electron chi connectivity index (χ1n) is 8.16. The maximum Gasteiger partial charge on any atom is 0.295 e. The van der Waals surface area contributed by atoms with E-state index in [0.717, 1.165) is 10.0 Å². The number of hydrogen-bond acceptors (Lipinski definition) is 4. The Balaban J connectivity index is 2.17. The van der Waals surface area contributed by atoms with E-state index < -0.39 is 17.7 Å². The van der Waals surface area contributed by atoms with E-state index >= 15 is 0 Å². The number of benzene rings is 2. The first-order chi connectivity index (χ1) is 12.4. The number of amides is 1. The Morgan fingerprint density at radius 2 is 1.69 bits per heavy atom. The molecular formula is C20H18BrNO4. The van der Waals surface area contributed by atoms with Gasteiger partial charge in [-0.05, 0) is 24.6 Å². The van der Waals surface area contributed by atoms with E-state index in [-0.39, 0.29) is 24.5 Å². The van der Waals surface area contributed by atoms with Gasteiger partial charge in [0.2, 0.25) is 0 Å². The highest BCUT2D eigenvalue weighted by Gasteiger charge is 2.45. The number of nitrogens with zero attached hydrogens (tertiary/aromatic N) is 1. The number of likely N-dealkylation sites (tertiary alicyclic amines) is 1. The number of carbonyl (C=O) groups excluding carboxylic acids is 2. The number of hydrogen-bond donors (Lipinski definition) is 2. The Morgan fingerprint density at radius 3 is 2.27 bits per heavy atom. The van der Waals surface area contributed by atoms with Crippen molar-refractivity contribution in [3.8, 4) is 0 Å². The normalized spacial score (nSPS) is 19.2. The van der Waals surface area contributed by atoms with E-state index in [1.54, 1.807) is 24.3 Å². The van der Waals surface area contributed by atoms with Crippen LogP contribution in [0.15, 0.2) is 58.6 Å². The highest BCUT2D eigenvalue weighted by atomic mass is 79.9. The van der Waals surface area contributed by atoms with Gasteiger partial charge in [0.1, 0.15) is 5.76 Å². The van der Waals surface area contributed by atoms with Crippen LogP contribution in [-0.4, -0.2) is 40.0 Å². The monoisotopic (exact) mass is 415 g/mol. The zero-order valence-corrected chi connectivity index (χ0v) is 15.7. The lowest BCUT2D eigenvalue weighted by Gasteiger charge is -2.24. The second-order valence-electron chi connectivity index (χ2n) is 6.13. The number of Topliss-reactive ketones (excluding diaryl/α,β-unsaturated/α-hetero) is 1. The molecule has 0 radical (unpaired) electrons. The molecule has 1 fully saturated rings. The molecule has 5 nitrogen and oxygen atoms in total. The maximum absolute atomic E-state index is 12.6. The van der Waals surface area contributed by atoms with E-state index in [1.165, 1.54) is 4.90 Å². The largest absolute Gasteiger partial charge is 0.507 e. The van der Waals surface area contributed by atoms with Crippen molar-refractivity contribution >= 4 is 33.4 Å². The summed E-state index contributed by atoms with van der Waals surface area (Å²) < 4.78 is 0.838. The minimum Gasteiger partial charge on any atom is -0.507 e. The third-order valence-electron chi connectivity index (χ3n) is 4.39. The van der Waals surface area contributed by atoms with Crippen LogP contribution in [-0.2, 0) is 9.59 Å². The standard InChI is InChI=1S/C20H18BrNO4/c1-12-2-4-13(5-3-12)17-16(19(25)20(26)22(17)10-11-23)18(24)14-6-8-15(21)9-7-14/h2-9,17,23-24H,10-11H2,1H3/b18-16-. The zero-order chi connectivity index (χ0) is 18.8. The second kappa shape index (κ2) is 7.43. The molecule has 0 aliphatic carbocycles. The summed E-state index contributed by atoms with van der Waals surface area (Å²) in [6.07, 6.45) is 0. The molecule has 1 aliphatic rings. The van der Waals surface area contributed by atoms with Crippen LogP contribution in [0.1, 0.15) is 22.7 Å². The van der Waals surface area contributed by atoms with Gasteiger partial charge in [-0.25, -0.2) is 0 Å². The topological polar surface area (TPSA) is 77.8 Å². The summed E-state index contributed by atoms with van der Waals surface area (Å²) >= 11 is 3.33. The SMILES string of the molecule is Cc1ccc(C2/C(=C(/O)c3ccc(Br)cc3)C(=O)C(=O)N2CCO)cc1. The molecule has 1 saturated heterocycles. The molecule has 0 saturated carbocycles. The van der Waals surface area contributed by atoms with E-state index in [4.69, 9.17) is 0 Å².